The second-order valence-corrected chi connectivity index (χ2v) is 1.43. The second kappa shape index (κ2) is 22.8. The fourth-order valence-corrected chi connectivity index (χ4v) is 0.542. The molecule has 0 heterocycles. The molecule has 3 heteroatoms. The first-order valence-corrected chi connectivity index (χ1v) is 2.72. The number of carbonyl (C=O) groups excluding carboxylic acids is 2. The van der Waals surface area contributed by atoms with Gasteiger partial charge in [0, 0.05) is 16.8 Å². The quantitative estimate of drug-likeness (QED) is 0.579. The van der Waals surface area contributed by atoms with Gasteiger partial charge in [-0.15, -0.1) is 0 Å². The van der Waals surface area contributed by atoms with Crippen molar-refractivity contribution in [2.24, 2.45) is 0 Å². The molecule has 0 aromatic carbocycles. The molecule has 0 amide bonds. The van der Waals surface area contributed by atoms with Crippen molar-refractivity contribution >= 4 is 13.6 Å². The summed E-state index contributed by atoms with van der Waals surface area (Å²) in [6, 6.07) is 0. The van der Waals surface area contributed by atoms with Gasteiger partial charge in [0.1, 0.15) is 0 Å². The van der Waals surface area contributed by atoms with E-state index in [1.165, 1.54) is 12.8 Å². The number of hydrogen-bond donors (Lipinski definition) is 0. The minimum atomic E-state index is 0. The van der Waals surface area contributed by atoms with Gasteiger partial charge in [-0.1, -0.05) is 24.3 Å². The predicted molar refractivity (Wildman–Crippen MR) is 38.9 cm³/mol. The summed E-state index contributed by atoms with van der Waals surface area (Å²) in [5.74, 6) is 0. The van der Waals surface area contributed by atoms with Gasteiger partial charge in [-0.2, -0.15) is 0 Å². The Morgan fingerprint density at radius 2 is 1.09 bits per heavy atom. The molecule has 0 aliphatic heterocycles. The van der Waals surface area contributed by atoms with Crippen molar-refractivity contribution in [1.29, 1.82) is 0 Å². The summed E-state index contributed by atoms with van der Waals surface area (Å²) < 4.78 is 0. The van der Waals surface area contributed by atoms with E-state index in [1.807, 2.05) is 0 Å². The molecule has 0 fully saturated rings. The maximum atomic E-state index is 7.50. The maximum Gasteiger partial charge on any atom is 0.281 e. The molecule has 0 aromatic heterocycles. The van der Waals surface area contributed by atoms with Gasteiger partial charge in [0.2, 0.25) is 0 Å². The van der Waals surface area contributed by atoms with Crippen LogP contribution in [0.1, 0.15) is 12.8 Å². The summed E-state index contributed by atoms with van der Waals surface area (Å²) in [6.45, 7) is 9.00. The van der Waals surface area contributed by atoms with E-state index in [-0.39, 0.29) is 16.8 Å². The molecule has 0 saturated heterocycles. The molecule has 1 rings (SSSR count). The Bertz CT molecular complexity index is 96.7. The molecule has 0 atom stereocenters. The zero-order valence-electron chi connectivity index (χ0n) is 5.87. The molecular formula is C8H8CoO2. The van der Waals surface area contributed by atoms with Gasteiger partial charge in [0.15, 0.2) is 0 Å². The SMILES string of the molecule is C1=CCCC=C1.[C]=O.[C]=O.[Co]. The Kier molecular flexibility index (Phi) is 34.7. The summed E-state index contributed by atoms with van der Waals surface area (Å²) in [7, 11) is 0. The first-order valence-electron chi connectivity index (χ1n) is 2.72. The largest absolute Gasteiger partial charge is 0.281 e. The molecular weight excluding hydrogens is 187 g/mol. The third kappa shape index (κ3) is 17.6. The molecule has 0 unspecified atom stereocenters. The van der Waals surface area contributed by atoms with E-state index in [4.69, 9.17) is 9.59 Å². The van der Waals surface area contributed by atoms with Crippen molar-refractivity contribution in [2.75, 3.05) is 0 Å². The Morgan fingerprint density at radius 1 is 0.818 bits per heavy atom. The molecule has 11 heavy (non-hydrogen) atoms. The predicted octanol–water partition coefficient (Wildman–Crippen LogP) is 1.10. The minimum absolute atomic E-state index is 0. The summed E-state index contributed by atoms with van der Waals surface area (Å²) >= 11 is 0. The fourth-order valence-electron chi connectivity index (χ4n) is 0.542. The normalized spacial score (nSPS) is 10.9. The van der Waals surface area contributed by atoms with Crippen LogP contribution in [0.4, 0.5) is 0 Å². The number of allylic oxidation sites excluding steroid dienone is 4. The van der Waals surface area contributed by atoms with Crippen molar-refractivity contribution in [2.45, 2.75) is 12.8 Å². The molecule has 0 aromatic rings. The average molecular weight is 195 g/mol. The molecule has 61 valence electrons. The van der Waals surface area contributed by atoms with Gasteiger partial charge in [0.05, 0.1) is 0 Å². The van der Waals surface area contributed by atoms with Crippen LogP contribution >= 0.6 is 0 Å². The third-order valence-electron chi connectivity index (χ3n) is 0.883. The van der Waals surface area contributed by atoms with Crippen molar-refractivity contribution in [3.8, 4) is 0 Å². The Labute approximate surface area is 77.6 Å². The summed E-state index contributed by atoms with van der Waals surface area (Å²) in [6.07, 6.45) is 11.0. The molecule has 0 N–H and O–H groups in total. The van der Waals surface area contributed by atoms with Crippen molar-refractivity contribution in [1.82, 2.24) is 0 Å². The van der Waals surface area contributed by atoms with Gasteiger partial charge in [-0.3, -0.25) is 9.59 Å². The van der Waals surface area contributed by atoms with E-state index >= 15 is 0 Å². The fraction of sp³-hybridized carbons (Fsp3) is 0.250. The van der Waals surface area contributed by atoms with Gasteiger partial charge in [-0.25, -0.2) is 0 Å². The topological polar surface area (TPSA) is 34.1 Å². The van der Waals surface area contributed by atoms with Crippen LogP contribution in [0.25, 0.3) is 0 Å². The van der Waals surface area contributed by atoms with Crippen LogP contribution in [0.3, 0.4) is 0 Å². The summed E-state index contributed by atoms with van der Waals surface area (Å²) in [4.78, 5) is 15.0. The minimum Gasteiger partial charge on any atom is -0.281 e. The Morgan fingerprint density at radius 3 is 1.18 bits per heavy atom. The van der Waals surface area contributed by atoms with E-state index in [0.29, 0.717) is 0 Å². The van der Waals surface area contributed by atoms with Crippen LogP contribution in [0.2, 0.25) is 0 Å². The van der Waals surface area contributed by atoms with E-state index in [0.717, 1.165) is 0 Å². The van der Waals surface area contributed by atoms with E-state index in [1.54, 1.807) is 0 Å². The number of hydrogen-bond acceptors (Lipinski definition) is 2. The second-order valence-electron chi connectivity index (χ2n) is 1.43. The van der Waals surface area contributed by atoms with E-state index in [2.05, 4.69) is 37.9 Å². The summed E-state index contributed by atoms with van der Waals surface area (Å²) in [5, 5.41) is 0. The molecule has 0 bridgehead atoms. The van der Waals surface area contributed by atoms with E-state index < -0.39 is 0 Å². The molecule has 1 aliphatic rings. The smallest absolute Gasteiger partial charge is 0.281 e. The summed E-state index contributed by atoms with van der Waals surface area (Å²) in [5.41, 5.74) is 0. The van der Waals surface area contributed by atoms with Gasteiger partial charge in [-0.05, 0) is 12.8 Å². The van der Waals surface area contributed by atoms with Crippen molar-refractivity contribution < 1.29 is 26.4 Å². The Hall–Kier alpha value is -0.674. The molecule has 2 nitrogen and oxygen atoms in total. The maximum absolute atomic E-state index is 7.50. The van der Waals surface area contributed by atoms with Gasteiger partial charge < -0.3 is 0 Å². The zero-order valence-corrected chi connectivity index (χ0v) is 6.91. The monoisotopic (exact) mass is 195 g/mol. The van der Waals surface area contributed by atoms with Crippen LogP contribution in [0, 0.1) is 0 Å². The first kappa shape index (κ1) is 16.7. The van der Waals surface area contributed by atoms with Crippen LogP contribution in [-0.2, 0) is 26.4 Å². The van der Waals surface area contributed by atoms with E-state index in [9.17, 15) is 0 Å². The molecule has 5 radical (unpaired) electrons. The van der Waals surface area contributed by atoms with Gasteiger partial charge in [0.25, 0.3) is 13.6 Å². The van der Waals surface area contributed by atoms with Crippen LogP contribution < -0.4 is 0 Å². The van der Waals surface area contributed by atoms with Crippen molar-refractivity contribution in [3.63, 3.8) is 0 Å². The molecule has 0 spiro atoms. The Balaban J connectivity index is -0.000000114. The van der Waals surface area contributed by atoms with Crippen LogP contribution in [-0.4, -0.2) is 13.6 Å². The first-order chi connectivity index (χ1) is 5.00. The van der Waals surface area contributed by atoms with Crippen LogP contribution in [0.15, 0.2) is 24.3 Å². The van der Waals surface area contributed by atoms with Gasteiger partial charge >= 0.3 is 0 Å². The zero-order chi connectivity index (χ0) is 8.24. The van der Waals surface area contributed by atoms with Crippen LogP contribution in [0.5, 0.6) is 0 Å². The van der Waals surface area contributed by atoms with Crippen molar-refractivity contribution in [3.05, 3.63) is 24.3 Å². The molecule has 0 saturated carbocycles. The standard InChI is InChI=1S/C6H8.2CO.Co/c1-2-4-6-5-3-1;2*1-2;/h1-4H,5-6H2;;;. The third-order valence-corrected chi connectivity index (χ3v) is 0.883. The molecule has 1 aliphatic carbocycles. The number of rotatable bonds is 0. The average Bonchev–Trinajstić information content (AvgIpc) is 2.14.